The standard InChI is InChI=1S/C15H32N2/c1-14-8-7-12-17(13-9-14)11-6-5-10-16-15(2,3)4/h14,16H,5-13H2,1-4H3. The van der Waals surface area contributed by atoms with E-state index >= 15 is 0 Å². The van der Waals surface area contributed by atoms with Crippen molar-refractivity contribution in [3.8, 4) is 0 Å². The highest BCUT2D eigenvalue weighted by atomic mass is 15.1. The predicted molar refractivity (Wildman–Crippen MR) is 76.4 cm³/mol. The first kappa shape index (κ1) is 15.0. The molecule has 1 aliphatic heterocycles. The summed E-state index contributed by atoms with van der Waals surface area (Å²) < 4.78 is 0. The van der Waals surface area contributed by atoms with Crippen LogP contribution in [0.3, 0.4) is 0 Å². The second-order valence-electron chi connectivity index (χ2n) is 6.76. The van der Waals surface area contributed by atoms with Gasteiger partial charge in [-0.15, -0.1) is 0 Å². The minimum absolute atomic E-state index is 0.276. The number of hydrogen-bond acceptors (Lipinski definition) is 2. The Morgan fingerprint density at radius 2 is 1.88 bits per heavy atom. The van der Waals surface area contributed by atoms with Crippen molar-refractivity contribution in [2.24, 2.45) is 5.92 Å². The Balaban J connectivity index is 2.02. The molecule has 0 bridgehead atoms. The van der Waals surface area contributed by atoms with Gasteiger partial charge >= 0.3 is 0 Å². The highest BCUT2D eigenvalue weighted by Gasteiger charge is 2.13. The van der Waals surface area contributed by atoms with Gasteiger partial charge in [-0.25, -0.2) is 0 Å². The number of nitrogens with one attached hydrogen (secondary N) is 1. The van der Waals surface area contributed by atoms with E-state index in [0.29, 0.717) is 0 Å². The zero-order chi connectivity index (χ0) is 12.7. The molecule has 1 aliphatic rings. The molecule has 0 aliphatic carbocycles. The van der Waals surface area contributed by atoms with E-state index < -0.39 is 0 Å². The summed E-state index contributed by atoms with van der Waals surface area (Å²) in [6, 6.07) is 0. The Bertz CT molecular complexity index is 196. The van der Waals surface area contributed by atoms with E-state index in [9.17, 15) is 0 Å². The molecule has 1 heterocycles. The molecule has 0 saturated carbocycles. The fourth-order valence-electron chi connectivity index (χ4n) is 2.47. The van der Waals surface area contributed by atoms with Gasteiger partial charge in [-0.3, -0.25) is 0 Å². The summed E-state index contributed by atoms with van der Waals surface area (Å²) in [4.78, 5) is 2.67. The lowest BCUT2D eigenvalue weighted by atomic mass is 10.0. The minimum atomic E-state index is 0.276. The van der Waals surface area contributed by atoms with E-state index in [-0.39, 0.29) is 5.54 Å². The van der Waals surface area contributed by atoms with Crippen LogP contribution >= 0.6 is 0 Å². The summed E-state index contributed by atoms with van der Waals surface area (Å²) in [6.45, 7) is 14.2. The molecular weight excluding hydrogens is 208 g/mol. The topological polar surface area (TPSA) is 15.3 Å². The van der Waals surface area contributed by atoms with Crippen molar-refractivity contribution in [1.29, 1.82) is 0 Å². The summed E-state index contributed by atoms with van der Waals surface area (Å²) in [5.74, 6) is 0.947. The summed E-state index contributed by atoms with van der Waals surface area (Å²) in [7, 11) is 0. The van der Waals surface area contributed by atoms with Gasteiger partial charge in [-0.05, 0) is 85.0 Å². The SMILES string of the molecule is CC1CCCN(CCCCNC(C)(C)C)CC1. The van der Waals surface area contributed by atoms with Crippen LogP contribution in [0.25, 0.3) is 0 Å². The number of likely N-dealkylation sites (tertiary alicyclic amines) is 1. The molecule has 2 heteroatoms. The normalized spacial score (nSPS) is 23.6. The highest BCUT2D eigenvalue weighted by molar-refractivity contribution is 4.71. The van der Waals surface area contributed by atoms with Crippen molar-refractivity contribution < 1.29 is 0 Å². The van der Waals surface area contributed by atoms with Gasteiger partial charge in [0.2, 0.25) is 0 Å². The third-order valence-corrected chi connectivity index (χ3v) is 3.67. The Morgan fingerprint density at radius 3 is 2.59 bits per heavy atom. The first-order chi connectivity index (χ1) is 7.97. The number of unbranched alkanes of at least 4 members (excludes halogenated alkanes) is 1. The molecule has 102 valence electrons. The van der Waals surface area contributed by atoms with Gasteiger partial charge in [0.1, 0.15) is 0 Å². The molecule has 1 fully saturated rings. The maximum absolute atomic E-state index is 3.56. The van der Waals surface area contributed by atoms with Crippen molar-refractivity contribution in [3.63, 3.8) is 0 Å². The minimum Gasteiger partial charge on any atom is -0.312 e. The molecule has 1 unspecified atom stereocenters. The smallest absolute Gasteiger partial charge is 0.00965 e. The van der Waals surface area contributed by atoms with Crippen LogP contribution < -0.4 is 5.32 Å². The Morgan fingerprint density at radius 1 is 1.12 bits per heavy atom. The molecule has 1 N–H and O–H groups in total. The zero-order valence-corrected chi connectivity index (χ0v) is 12.4. The van der Waals surface area contributed by atoms with E-state index in [4.69, 9.17) is 0 Å². The summed E-state index contributed by atoms with van der Waals surface area (Å²) in [5, 5.41) is 3.56. The van der Waals surface area contributed by atoms with E-state index in [1.54, 1.807) is 0 Å². The number of hydrogen-bond donors (Lipinski definition) is 1. The maximum atomic E-state index is 3.56. The molecule has 0 radical (unpaired) electrons. The Kier molecular flexibility index (Phi) is 6.50. The van der Waals surface area contributed by atoms with E-state index in [1.807, 2.05) is 0 Å². The third-order valence-electron chi connectivity index (χ3n) is 3.67. The lowest BCUT2D eigenvalue weighted by Crippen LogP contribution is -2.36. The quantitative estimate of drug-likeness (QED) is 0.742. The summed E-state index contributed by atoms with van der Waals surface area (Å²) >= 11 is 0. The largest absolute Gasteiger partial charge is 0.312 e. The van der Waals surface area contributed by atoms with Crippen LogP contribution in [0.4, 0.5) is 0 Å². The van der Waals surface area contributed by atoms with Gasteiger partial charge in [-0.1, -0.05) is 6.92 Å². The van der Waals surface area contributed by atoms with Crippen molar-refractivity contribution in [1.82, 2.24) is 10.2 Å². The van der Waals surface area contributed by atoms with Crippen LogP contribution in [0, 0.1) is 5.92 Å². The van der Waals surface area contributed by atoms with Crippen LogP contribution in [0.1, 0.15) is 59.8 Å². The highest BCUT2D eigenvalue weighted by Crippen LogP contribution is 2.16. The van der Waals surface area contributed by atoms with Crippen molar-refractivity contribution >= 4 is 0 Å². The Labute approximate surface area is 108 Å². The molecular formula is C15H32N2. The van der Waals surface area contributed by atoms with E-state index in [0.717, 1.165) is 12.5 Å². The van der Waals surface area contributed by atoms with E-state index in [2.05, 4.69) is 37.9 Å². The summed E-state index contributed by atoms with van der Waals surface area (Å²) in [5.41, 5.74) is 0.276. The monoisotopic (exact) mass is 240 g/mol. The first-order valence-electron chi connectivity index (χ1n) is 7.45. The zero-order valence-electron chi connectivity index (χ0n) is 12.4. The van der Waals surface area contributed by atoms with Crippen LogP contribution in [0.2, 0.25) is 0 Å². The number of nitrogens with zero attached hydrogens (tertiary/aromatic N) is 1. The van der Waals surface area contributed by atoms with Crippen LogP contribution in [-0.2, 0) is 0 Å². The van der Waals surface area contributed by atoms with Gasteiger partial charge < -0.3 is 10.2 Å². The van der Waals surface area contributed by atoms with Crippen molar-refractivity contribution in [2.45, 2.75) is 65.3 Å². The molecule has 0 aromatic heterocycles. The van der Waals surface area contributed by atoms with Gasteiger partial charge in [0.25, 0.3) is 0 Å². The lowest BCUT2D eigenvalue weighted by molar-refractivity contribution is 0.273. The van der Waals surface area contributed by atoms with Crippen LogP contribution in [0.15, 0.2) is 0 Å². The van der Waals surface area contributed by atoms with Crippen molar-refractivity contribution in [3.05, 3.63) is 0 Å². The molecule has 0 aromatic carbocycles. The first-order valence-corrected chi connectivity index (χ1v) is 7.45. The fraction of sp³-hybridized carbons (Fsp3) is 1.00. The van der Waals surface area contributed by atoms with Gasteiger partial charge in [0, 0.05) is 5.54 Å². The lowest BCUT2D eigenvalue weighted by Gasteiger charge is -2.22. The maximum Gasteiger partial charge on any atom is 0.00965 e. The number of rotatable bonds is 5. The predicted octanol–water partition coefficient (Wildman–Crippen LogP) is 3.28. The fourth-order valence-corrected chi connectivity index (χ4v) is 2.47. The summed E-state index contributed by atoms with van der Waals surface area (Å²) in [6.07, 6.45) is 6.89. The van der Waals surface area contributed by atoms with E-state index in [1.165, 1.54) is 51.7 Å². The molecule has 2 nitrogen and oxygen atoms in total. The molecule has 1 atom stereocenters. The second-order valence-corrected chi connectivity index (χ2v) is 6.76. The average molecular weight is 240 g/mol. The average Bonchev–Trinajstić information content (AvgIpc) is 2.41. The van der Waals surface area contributed by atoms with Crippen LogP contribution in [-0.4, -0.2) is 36.6 Å². The molecule has 0 amide bonds. The molecule has 0 aromatic rings. The molecule has 1 rings (SSSR count). The van der Waals surface area contributed by atoms with Gasteiger partial charge in [-0.2, -0.15) is 0 Å². The van der Waals surface area contributed by atoms with Gasteiger partial charge in [0.15, 0.2) is 0 Å². The third kappa shape index (κ3) is 7.77. The molecule has 0 spiro atoms. The second kappa shape index (κ2) is 7.38. The molecule has 1 saturated heterocycles. The Hall–Kier alpha value is -0.0800. The van der Waals surface area contributed by atoms with Crippen LogP contribution in [0.5, 0.6) is 0 Å². The molecule has 17 heavy (non-hydrogen) atoms. The van der Waals surface area contributed by atoms with Gasteiger partial charge in [0.05, 0.1) is 0 Å². The van der Waals surface area contributed by atoms with Crippen molar-refractivity contribution in [2.75, 3.05) is 26.2 Å².